The predicted molar refractivity (Wildman–Crippen MR) is 73.5 cm³/mol. The van der Waals surface area contributed by atoms with Crippen LogP contribution >= 0.6 is 0 Å². The number of para-hydroxylation sites is 1. The second-order valence-corrected chi connectivity index (χ2v) is 6.23. The van der Waals surface area contributed by atoms with Crippen molar-refractivity contribution in [1.29, 1.82) is 0 Å². The highest BCUT2D eigenvalue weighted by molar-refractivity contribution is 7.89. The maximum absolute atomic E-state index is 13.5. The first kappa shape index (κ1) is 18.1. The Morgan fingerprint density at radius 2 is 1.54 bits per heavy atom. The molecule has 0 atom stereocenters. The van der Waals surface area contributed by atoms with E-state index in [0.717, 1.165) is 24.3 Å². The lowest BCUT2D eigenvalue weighted by atomic mass is 10.2. The number of hydrogen-bond donors (Lipinski definition) is 1. The minimum absolute atomic E-state index is 0.157. The number of benzene rings is 2. The molecule has 0 aliphatic rings. The van der Waals surface area contributed by atoms with Crippen molar-refractivity contribution < 1.29 is 35.1 Å². The second-order valence-electron chi connectivity index (χ2n) is 4.53. The zero-order chi connectivity index (χ0) is 18.0. The molecule has 24 heavy (non-hydrogen) atoms. The molecule has 0 spiro atoms. The fourth-order valence-electron chi connectivity index (χ4n) is 1.86. The number of hydrogen-bond acceptors (Lipinski definition) is 3. The number of alkyl halides is 3. The van der Waals surface area contributed by atoms with Crippen LogP contribution in [0.4, 0.5) is 22.0 Å². The first-order valence-electron chi connectivity index (χ1n) is 6.37. The summed E-state index contributed by atoms with van der Waals surface area (Å²) in [6.45, 7) is -0.650. The van der Waals surface area contributed by atoms with Crippen LogP contribution in [0, 0.1) is 11.6 Å². The molecule has 0 amide bonds. The Morgan fingerprint density at radius 1 is 0.958 bits per heavy atom. The summed E-state index contributed by atoms with van der Waals surface area (Å²) in [7, 11) is -4.62. The summed E-state index contributed by atoms with van der Waals surface area (Å²) >= 11 is 0. The molecule has 0 aliphatic heterocycles. The molecule has 0 heterocycles. The fourth-order valence-corrected chi connectivity index (χ4v) is 3.00. The maximum atomic E-state index is 13.5. The van der Waals surface area contributed by atoms with Crippen LogP contribution in [-0.4, -0.2) is 14.8 Å². The number of sulfonamides is 1. The number of nitrogens with one attached hydrogen (secondary N) is 1. The van der Waals surface area contributed by atoms with E-state index in [1.165, 1.54) is 18.2 Å². The molecule has 0 bridgehead atoms. The Labute approximate surface area is 133 Å². The summed E-state index contributed by atoms with van der Waals surface area (Å²) in [5.74, 6) is -3.26. The number of halogens is 5. The van der Waals surface area contributed by atoms with Crippen molar-refractivity contribution in [1.82, 2.24) is 4.72 Å². The zero-order valence-electron chi connectivity index (χ0n) is 11.8. The van der Waals surface area contributed by atoms with Crippen molar-refractivity contribution >= 4 is 10.0 Å². The fraction of sp³-hybridized carbons (Fsp3) is 0.143. The lowest BCUT2D eigenvalue weighted by molar-refractivity contribution is -0.274. The van der Waals surface area contributed by atoms with E-state index in [0.29, 0.717) is 0 Å². The van der Waals surface area contributed by atoms with Gasteiger partial charge in [-0.1, -0.05) is 24.3 Å². The number of rotatable bonds is 5. The summed E-state index contributed by atoms with van der Waals surface area (Å²) in [4.78, 5) is -1.21. The highest BCUT2D eigenvalue weighted by Gasteiger charge is 2.32. The van der Waals surface area contributed by atoms with E-state index in [-0.39, 0.29) is 5.56 Å². The van der Waals surface area contributed by atoms with Gasteiger partial charge in [-0.15, -0.1) is 13.2 Å². The molecule has 10 heteroatoms. The first-order chi connectivity index (χ1) is 11.1. The molecular weight excluding hydrogens is 357 g/mol. The van der Waals surface area contributed by atoms with Gasteiger partial charge >= 0.3 is 6.36 Å². The van der Waals surface area contributed by atoms with E-state index in [1.807, 2.05) is 4.72 Å². The zero-order valence-corrected chi connectivity index (χ0v) is 12.6. The van der Waals surface area contributed by atoms with E-state index in [9.17, 15) is 30.4 Å². The van der Waals surface area contributed by atoms with Gasteiger partial charge in [-0.05, 0) is 18.2 Å². The van der Waals surface area contributed by atoms with E-state index in [2.05, 4.69) is 4.74 Å². The van der Waals surface area contributed by atoms with Crippen LogP contribution in [0.1, 0.15) is 5.56 Å². The molecule has 2 aromatic rings. The van der Waals surface area contributed by atoms with Gasteiger partial charge < -0.3 is 4.74 Å². The van der Waals surface area contributed by atoms with Crippen LogP contribution in [0.25, 0.3) is 0 Å². The van der Waals surface area contributed by atoms with Crippen molar-refractivity contribution in [3.8, 4) is 5.75 Å². The second kappa shape index (κ2) is 6.73. The van der Waals surface area contributed by atoms with Gasteiger partial charge in [-0.2, -0.15) is 0 Å². The third kappa shape index (κ3) is 4.42. The molecule has 130 valence electrons. The van der Waals surface area contributed by atoms with Crippen molar-refractivity contribution in [3.63, 3.8) is 0 Å². The van der Waals surface area contributed by atoms with Gasteiger partial charge in [0.1, 0.15) is 17.4 Å². The molecule has 0 radical (unpaired) electrons. The summed E-state index contributed by atoms with van der Waals surface area (Å²) in [5.41, 5.74) is -0.157. The molecule has 0 aromatic heterocycles. The molecule has 0 aliphatic carbocycles. The molecule has 4 nitrogen and oxygen atoms in total. The average molecular weight is 367 g/mol. The van der Waals surface area contributed by atoms with E-state index < -0.39 is 45.2 Å². The summed E-state index contributed by atoms with van der Waals surface area (Å²) in [6, 6.07) is 7.27. The summed E-state index contributed by atoms with van der Waals surface area (Å²) in [5, 5.41) is 0. The van der Waals surface area contributed by atoms with E-state index >= 15 is 0 Å². The molecule has 2 rings (SSSR count). The molecule has 0 saturated heterocycles. The number of ether oxygens (including phenoxy) is 1. The summed E-state index contributed by atoms with van der Waals surface area (Å²) < 4.78 is 93.6. The van der Waals surface area contributed by atoms with Crippen LogP contribution in [0.2, 0.25) is 0 Å². The minimum Gasteiger partial charge on any atom is -0.405 e. The molecular formula is C14H10F5NO3S. The third-order valence-electron chi connectivity index (χ3n) is 2.84. The van der Waals surface area contributed by atoms with Gasteiger partial charge in [-0.3, -0.25) is 0 Å². The highest BCUT2D eigenvalue weighted by Crippen LogP contribution is 2.26. The standard InChI is InChI=1S/C14H10F5NO3S/c15-10-5-3-6-11(16)13(10)24(21,22)20-8-9-4-1-2-7-12(9)23-14(17,18)19/h1-7,20H,8H2. The normalized spacial score (nSPS) is 12.2. The Bertz CT molecular complexity index is 816. The van der Waals surface area contributed by atoms with Crippen LogP contribution in [0.5, 0.6) is 5.75 Å². The van der Waals surface area contributed by atoms with Crippen molar-refractivity contribution in [2.75, 3.05) is 0 Å². The van der Waals surface area contributed by atoms with Crippen LogP contribution in [0.15, 0.2) is 47.4 Å². The third-order valence-corrected chi connectivity index (χ3v) is 4.29. The van der Waals surface area contributed by atoms with Gasteiger partial charge in [-0.25, -0.2) is 21.9 Å². The Balaban J connectivity index is 2.25. The van der Waals surface area contributed by atoms with Crippen LogP contribution in [-0.2, 0) is 16.6 Å². The Morgan fingerprint density at radius 3 is 2.12 bits per heavy atom. The largest absolute Gasteiger partial charge is 0.573 e. The predicted octanol–water partition coefficient (Wildman–Crippen LogP) is 3.34. The molecule has 0 unspecified atom stereocenters. The quantitative estimate of drug-likeness (QED) is 0.825. The Hall–Kier alpha value is -2.20. The molecule has 0 saturated carbocycles. The maximum Gasteiger partial charge on any atom is 0.573 e. The molecule has 1 N–H and O–H groups in total. The smallest absolute Gasteiger partial charge is 0.405 e. The highest BCUT2D eigenvalue weighted by atomic mass is 32.2. The van der Waals surface area contributed by atoms with Gasteiger partial charge in [0.2, 0.25) is 10.0 Å². The van der Waals surface area contributed by atoms with E-state index in [1.54, 1.807) is 0 Å². The lowest BCUT2D eigenvalue weighted by Gasteiger charge is -2.14. The summed E-state index contributed by atoms with van der Waals surface area (Å²) in [6.07, 6.45) is -4.97. The van der Waals surface area contributed by atoms with Crippen molar-refractivity contribution in [2.24, 2.45) is 0 Å². The van der Waals surface area contributed by atoms with Gasteiger partial charge in [0.15, 0.2) is 4.90 Å². The first-order valence-corrected chi connectivity index (χ1v) is 7.86. The molecule has 0 fully saturated rings. The topological polar surface area (TPSA) is 55.4 Å². The minimum atomic E-state index is -4.97. The molecule has 2 aromatic carbocycles. The van der Waals surface area contributed by atoms with E-state index in [4.69, 9.17) is 0 Å². The van der Waals surface area contributed by atoms with Crippen molar-refractivity contribution in [2.45, 2.75) is 17.8 Å². The van der Waals surface area contributed by atoms with Gasteiger partial charge in [0.05, 0.1) is 0 Å². The Kier molecular flexibility index (Phi) is 5.09. The van der Waals surface area contributed by atoms with Crippen LogP contribution in [0.3, 0.4) is 0 Å². The van der Waals surface area contributed by atoms with Crippen molar-refractivity contribution in [3.05, 3.63) is 59.7 Å². The SMILES string of the molecule is O=S(=O)(NCc1ccccc1OC(F)(F)F)c1c(F)cccc1F. The lowest BCUT2D eigenvalue weighted by Crippen LogP contribution is -2.26. The monoisotopic (exact) mass is 367 g/mol. The average Bonchev–Trinajstić information content (AvgIpc) is 2.44. The van der Waals surface area contributed by atoms with Gasteiger partial charge in [0, 0.05) is 12.1 Å². The van der Waals surface area contributed by atoms with Crippen LogP contribution < -0.4 is 9.46 Å². The van der Waals surface area contributed by atoms with Gasteiger partial charge in [0.25, 0.3) is 0 Å².